The van der Waals surface area contributed by atoms with Crippen LogP contribution in [0.4, 0.5) is 11.4 Å². The summed E-state index contributed by atoms with van der Waals surface area (Å²) < 4.78 is 21.7. The molecule has 8 nitrogen and oxygen atoms in total. The molecule has 1 aliphatic heterocycles. The quantitative estimate of drug-likeness (QED) is 0.323. The van der Waals surface area contributed by atoms with Crippen LogP contribution in [-0.4, -0.2) is 33.1 Å². The normalized spacial score (nSPS) is 18.3. The third-order valence-corrected chi connectivity index (χ3v) is 6.96. The van der Waals surface area contributed by atoms with Gasteiger partial charge in [-0.1, -0.05) is 24.3 Å². The molecule has 0 aromatic heterocycles. The van der Waals surface area contributed by atoms with Gasteiger partial charge in [0.1, 0.15) is 0 Å². The average molecular weight is 515 g/mol. The summed E-state index contributed by atoms with van der Waals surface area (Å²) in [5.74, 6) is 1.61. The number of hydrogen-bond acceptors (Lipinski definition) is 8. The summed E-state index contributed by atoms with van der Waals surface area (Å²) in [6.45, 7) is 1.34. The molecule has 0 saturated carbocycles. The Kier molecular flexibility index (Phi) is 6.96. The predicted molar refractivity (Wildman–Crippen MR) is 144 cm³/mol. The van der Waals surface area contributed by atoms with E-state index >= 15 is 0 Å². The number of rotatable bonds is 6. The van der Waals surface area contributed by atoms with Crippen LogP contribution in [0.1, 0.15) is 42.9 Å². The second-order valence-corrected chi connectivity index (χ2v) is 9.29. The van der Waals surface area contributed by atoms with Gasteiger partial charge in [-0.25, -0.2) is 0 Å². The largest absolute Gasteiger partial charge is 0.493 e. The van der Waals surface area contributed by atoms with Crippen LogP contribution in [-0.2, 0) is 9.59 Å². The van der Waals surface area contributed by atoms with Crippen LogP contribution >= 0.6 is 0 Å². The van der Waals surface area contributed by atoms with Crippen molar-refractivity contribution >= 4 is 23.1 Å². The number of Topliss-reactive ketones (excluding diaryl/α,β-unsaturated/α-hetero) is 1. The van der Waals surface area contributed by atoms with E-state index in [-0.39, 0.29) is 11.7 Å². The van der Waals surface area contributed by atoms with E-state index in [9.17, 15) is 9.59 Å². The minimum Gasteiger partial charge on any atom is -0.493 e. The molecular weight excluding hydrogens is 484 g/mol. The lowest BCUT2D eigenvalue weighted by molar-refractivity contribution is -0.132. The molecular formula is C30H30N2O6. The second-order valence-electron chi connectivity index (χ2n) is 9.29. The molecule has 0 spiro atoms. The zero-order valence-corrected chi connectivity index (χ0v) is 21.8. The number of para-hydroxylation sites is 2. The van der Waals surface area contributed by atoms with Crippen LogP contribution in [0.15, 0.2) is 71.9 Å². The Morgan fingerprint density at radius 2 is 1.42 bits per heavy atom. The molecule has 2 aliphatic rings. The fraction of sp³-hybridized carbons (Fsp3) is 0.267. The van der Waals surface area contributed by atoms with Crippen LogP contribution in [0, 0.1) is 0 Å². The molecule has 8 heteroatoms. The predicted octanol–water partition coefficient (Wildman–Crippen LogP) is 5.62. The molecule has 2 N–H and O–H groups in total. The summed E-state index contributed by atoms with van der Waals surface area (Å²) in [7, 11) is 4.73. The van der Waals surface area contributed by atoms with Crippen molar-refractivity contribution in [1.82, 2.24) is 0 Å². The first-order valence-electron chi connectivity index (χ1n) is 12.4. The molecule has 3 aromatic carbocycles. The maximum Gasteiger partial charge on any atom is 0.308 e. The van der Waals surface area contributed by atoms with E-state index in [4.69, 9.17) is 18.9 Å². The van der Waals surface area contributed by atoms with Gasteiger partial charge >= 0.3 is 5.97 Å². The molecule has 3 aromatic rings. The molecule has 196 valence electrons. The minimum absolute atomic E-state index is 0.0275. The van der Waals surface area contributed by atoms with E-state index in [2.05, 4.69) is 10.6 Å². The first kappa shape index (κ1) is 25.2. The Hall–Kier alpha value is -4.46. The van der Waals surface area contributed by atoms with Gasteiger partial charge in [0.2, 0.25) is 0 Å². The zero-order chi connectivity index (χ0) is 26.8. The van der Waals surface area contributed by atoms with E-state index < -0.39 is 12.0 Å². The number of ether oxygens (including phenoxy) is 4. The topological polar surface area (TPSA) is 95.1 Å². The number of carbonyl (C=O) groups excluding carboxylic acids is 2. The van der Waals surface area contributed by atoms with Crippen molar-refractivity contribution in [2.75, 3.05) is 32.0 Å². The molecule has 0 radical (unpaired) electrons. The number of fused-ring (bicyclic) bond motifs is 1. The summed E-state index contributed by atoms with van der Waals surface area (Å²) in [5, 5.41) is 7.11. The number of nitrogens with one attached hydrogen (secondary N) is 2. The van der Waals surface area contributed by atoms with Crippen molar-refractivity contribution in [3.63, 3.8) is 0 Å². The molecule has 38 heavy (non-hydrogen) atoms. The average Bonchev–Trinajstić information content (AvgIpc) is 3.09. The lowest BCUT2D eigenvalue weighted by atomic mass is 9.78. The highest BCUT2D eigenvalue weighted by molar-refractivity contribution is 6.01. The maximum atomic E-state index is 13.8. The zero-order valence-electron chi connectivity index (χ0n) is 21.8. The summed E-state index contributed by atoms with van der Waals surface area (Å²) in [4.78, 5) is 25.4. The Morgan fingerprint density at radius 3 is 2.13 bits per heavy atom. The van der Waals surface area contributed by atoms with Crippen molar-refractivity contribution in [2.45, 2.75) is 31.7 Å². The summed E-state index contributed by atoms with van der Waals surface area (Å²) in [6.07, 6.45) is 0.999. The van der Waals surface area contributed by atoms with Gasteiger partial charge in [-0.2, -0.15) is 0 Å². The Bertz CT molecular complexity index is 1430. The highest BCUT2D eigenvalue weighted by Gasteiger charge is 2.36. The van der Waals surface area contributed by atoms with Crippen molar-refractivity contribution in [2.24, 2.45) is 0 Å². The maximum absolute atomic E-state index is 13.8. The van der Waals surface area contributed by atoms with Crippen molar-refractivity contribution in [1.29, 1.82) is 0 Å². The van der Waals surface area contributed by atoms with Gasteiger partial charge in [-0.3, -0.25) is 9.59 Å². The smallest absolute Gasteiger partial charge is 0.308 e. The molecule has 1 heterocycles. The molecule has 5 rings (SSSR count). The lowest BCUT2D eigenvalue weighted by Crippen LogP contribution is -2.27. The lowest BCUT2D eigenvalue weighted by Gasteiger charge is -2.30. The fourth-order valence-corrected chi connectivity index (χ4v) is 5.19. The molecule has 0 fully saturated rings. The molecule has 0 saturated heterocycles. The van der Waals surface area contributed by atoms with Crippen LogP contribution < -0.4 is 29.6 Å². The third-order valence-electron chi connectivity index (χ3n) is 6.96. The first-order chi connectivity index (χ1) is 18.4. The third kappa shape index (κ3) is 4.77. The first-order valence-corrected chi connectivity index (χ1v) is 12.4. The SMILES string of the molecule is COc1ccc([C@@H]2CC(=O)C3=C(C2)Nc2ccccc2N[C@H]3c2ccc(OC(C)=O)c(OC)c2)cc1OC. The Labute approximate surface area is 221 Å². The Morgan fingerprint density at radius 1 is 0.789 bits per heavy atom. The van der Waals surface area contributed by atoms with E-state index in [1.807, 2.05) is 54.6 Å². The van der Waals surface area contributed by atoms with Crippen LogP contribution in [0.3, 0.4) is 0 Å². The van der Waals surface area contributed by atoms with Gasteiger partial charge in [-0.15, -0.1) is 0 Å². The Balaban J connectivity index is 1.58. The van der Waals surface area contributed by atoms with Crippen molar-refractivity contribution in [3.05, 3.63) is 83.1 Å². The van der Waals surface area contributed by atoms with Crippen molar-refractivity contribution < 1.29 is 28.5 Å². The number of methoxy groups -OCH3 is 3. The number of ketones is 1. The highest BCUT2D eigenvalue weighted by atomic mass is 16.6. The van der Waals surface area contributed by atoms with Gasteiger partial charge in [0, 0.05) is 24.6 Å². The van der Waals surface area contributed by atoms with Gasteiger partial charge in [0.25, 0.3) is 0 Å². The number of allylic oxidation sites excluding steroid dienone is 1. The second kappa shape index (κ2) is 10.5. The van der Waals surface area contributed by atoms with Gasteiger partial charge in [0.05, 0.1) is 38.7 Å². The van der Waals surface area contributed by atoms with Crippen molar-refractivity contribution in [3.8, 4) is 23.0 Å². The van der Waals surface area contributed by atoms with E-state index in [0.29, 0.717) is 41.4 Å². The molecule has 0 amide bonds. The van der Waals surface area contributed by atoms with E-state index in [0.717, 1.165) is 28.2 Å². The number of anilines is 2. The monoisotopic (exact) mass is 514 g/mol. The van der Waals surface area contributed by atoms with E-state index in [1.54, 1.807) is 20.3 Å². The highest BCUT2D eigenvalue weighted by Crippen LogP contribution is 2.46. The van der Waals surface area contributed by atoms with Gasteiger partial charge in [-0.05, 0) is 59.9 Å². The summed E-state index contributed by atoms with van der Waals surface area (Å²) in [5.41, 5.74) is 5.16. The standard InChI is InChI=1S/C30H30N2O6/c1-17(33)38-26-12-10-19(16-28(26)37-4)30-29-23(31-21-7-5-6-8-22(21)32-30)13-20(14-24(29)34)18-9-11-25(35-2)27(15-18)36-3/h5-12,15-16,20,30-32H,13-14H2,1-4H3/t20-,30-/m0/s1. The minimum atomic E-state index is -0.435. The molecule has 2 atom stereocenters. The number of esters is 1. The molecule has 0 bridgehead atoms. The molecule has 1 aliphatic carbocycles. The number of benzene rings is 3. The van der Waals surface area contributed by atoms with Crippen LogP contribution in [0.25, 0.3) is 0 Å². The summed E-state index contributed by atoms with van der Waals surface area (Å²) in [6, 6.07) is 18.6. The van der Waals surface area contributed by atoms with Crippen LogP contribution in [0.5, 0.6) is 23.0 Å². The fourth-order valence-electron chi connectivity index (χ4n) is 5.19. The number of carbonyl (C=O) groups is 2. The van der Waals surface area contributed by atoms with Crippen LogP contribution in [0.2, 0.25) is 0 Å². The van der Waals surface area contributed by atoms with E-state index in [1.165, 1.54) is 14.0 Å². The van der Waals surface area contributed by atoms with Gasteiger partial charge < -0.3 is 29.6 Å². The van der Waals surface area contributed by atoms with Gasteiger partial charge in [0.15, 0.2) is 28.8 Å². The summed E-state index contributed by atoms with van der Waals surface area (Å²) >= 11 is 0. The number of hydrogen-bond donors (Lipinski definition) is 2. The molecule has 0 unspecified atom stereocenters.